The molecule has 0 aliphatic carbocycles. The summed E-state index contributed by atoms with van der Waals surface area (Å²) in [6.45, 7) is 7.92. The zero-order chi connectivity index (χ0) is 13.7. The third kappa shape index (κ3) is 3.83. The minimum Gasteiger partial charge on any atom is -0.493 e. The van der Waals surface area contributed by atoms with Crippen molar-refractivity contribution in [3.63, 3.8) is 0 Å². The molecule has 1 heterocycles. The molecule has 0 aromatic heterocycles. The molecule has 0 saturated heterocycles. The second kappa shape index (κ2) is 7.11. The maximum Gasteiger partial charge on any atom is 0.125 e. The Hall–Kier alpha value is -0.800. The van der Waals surface area contributed by atoms with Crippen LogP contribution in [0.5, 0.6) is 5.75 Å². The SMILES string of the molecule is C=CCC(Cc1cc(Br)cc2c1OCC2)NCCC. The van der Waals surface area contributed by atoms with Crippen LogP contribution in [0.2, 0.25) is 0 Å². The van der Waals surface area contributed by atoms with E-state index < -0.39 is 0 Å². The second-order valence-corrected chi connectivity index (χ2v) is 5.95. The summed E-state index contributed by atoms with van der Waals surface area (Å²) in [7, 11) is 0. The third-order valence-electron chi connectivity index (χ3n) is 3.43. The molecule has 1 unspecified atom stereocenters. The molecule has 1 aliphatic rings. The van der Waals surface area contributed by atoms with Crippen molar-refractivity contribution in [1.82, 2.24) is 5.32 Å². The van der Waals surface area contributed by atoms with E-state index in [2.05, 4.69) is 46.9 Å². The van der Waals surface area contributed by atoms with E-state index in [4.69, 9.17) is 4.74 Å². The Bertz CT molecular complexity index is 445. The summed E-state index contributed by atoms with van der Waals surface area (Å²) in [4.78, 5) is 0. The Kier molecular flexibility index (Phi) is 5.46. The smallest absolute Gasteiger partial charge is 0.125 e. The van der Waals surface area contributed by atoms with Gasteiger partial charge in [-0.2, -0.15) is 0 Å². The van der Waals surface area contributed by atoms with Gasteiger partial charge in [-0.05, 0) is 49.1 Å². The fourth-order valence-corrected chi connectivity index (χ4v) is 3.10. The number of nitrogens with one attached hydrogen (secondary N) is 1. The minimum atomic E-state index is 0.444. The highest BCUT2D eigenvalue weighted by Gasteiger charge is 2.19. The molecular weight excluding hydrogens is 302 g/mol. The lowest BCUT2D eigenvalue weighted by molar-refractivity contribution is 0.351. The molecule has 2 nitrogen and oxygen atoms in total. The number of hydrogen-bond donors (Lipinski definition) is 1. The Morgan fingerprint density at radius 1 is 1.53 bits per heavy atom. The molecule has 0 saturated carbocycles. The predicted molar refractivity (Wildman–Crippen MR) is 83.9 cm³/mol. The molecule has 1 aromatic rings. The third-order valence-corrected chi connectivity index (χ3v) is 3.88. The van der Waals surface area contributed by atoms with Gasteiger partial charge in [0.2, 0.25) is 0 Å². The number of hydrogen-bond acceptors (Lipinski definition) is 2. The first-order chi connectivity index (χ1) is 9.24. The van der Waals surface area contributed by atoms with Crippen molar-refractivity contribution in [2.24, 2.45) is 0 Å². The van der Waals surface area contributed by atoms with Crippen LogP contribution in [0.25, 0.3) is 0 Å². The van der Waals surface area contributed by atoms with Gasteiger partial charge in [0.1, 0.15) is 5.75 Å². The van der Waals surface area contributed by atoms with Gasteiger partial charge < -0.3 is 10.1 Å². The fraction of sp³-hybridized carbons (Fsp3) is 0.500. The van der Waals surface area contributed by atoms with Crippen LogP contribution in [0.1, 0.15) is 30.9 Å². The lowest BCUT2D eigenvalue weighted by Gasteiger charge is -2.18. The van der Waals surface area contributed by atoms with Gasteiger partial charge in [-0.3, -0.25) is 0 Å². The highest BCUT2D eigenvalue weighted by molar-refractivity contribution is 9.10. The van der Waals surface area contributed by atoms with Crippen molar-refractivity contribution in [2.75, 3.05) is 13.2 Å². The van der Waals surface area contributed by atoms with E-state index in [0.29, 0.717) is 6.04 Å². The van der Waals surface area contributed by atoms with Gasteiger partial charge in [0.25, 0.3) is 0 Å². The van der Waals surface area contributed by atoms with Crippen LogP contribution in [0, 0.1) is 0 Å². The van der Waals surface area contributed by atoms with Crippen LogP contribution in [0.4, 0.5) is 0 Å². The van der Waals surface area contributed by atoms with Crippen LogP contribution >= 0.6 is 15.9 Å². The average molecular weight is 324 g/mol. The number of halogens is 1. The highest BCUT2D eigenvalue weighted by Crippen LogP contribution is 2.33. The molecule has 0 amide bonds. The predicted octanol–water partition coefficient (Wildman–Crippen LogP) is 3.87. The molecule has 1 atom stereocenters. The first kappa shape index (κ1) is 14.6. The van der Waals surface area contributed by atoms with Crippen molar-refractivity contribution in [3.05, 3.63) is 40.4 Å². The Labute approximate surface area is 124 Å². The van der Waals surface area contributed by atoms with Crippen LogP contribution in [-0.2, 0) is 12.8 Å². The molecule has 3 heteroatoms. The number of rotatable bonds is 7. The highest BCUT2D eigenvalue weighted by atomic mass is 79.9. The minimum absolute atomic E-state index is 0.444. The van der Waals surface area contributed by atoms with Gasteiger partial charge in [-0.1, -0.05) is 28.9 Å². The van der Waals surface area contributed by atoms with Crippen LogP contribution in [0.15, 0.2) is 29.3 Å². The quantitative estimate of drug-likeness (QED) is 0.769. The second-order valence-electron chi connectivity index (χ2n) is 5.03. The average Bonchev–Trinajstić information content (AvgIpc) is 2.84. The van der Waals surface area contributed by atoms with Crippen LogP contribution in [0.3, 0.4) is 0 Å². The maximum atomic E-state index is 5.79. The molecule has 104 valence electrons. The van der Waals surface area contributed by atoms with Gasteiger partial charge in [0, 0.05) is 16.9 Å². The molecule has 1 aromatic carbocycles. The summed E-state index contributed by atoms with van der Waals surface area (Å²) < 4.78 is 6.95. The van der Waals surface area contributed by atoms with Gasteiger partial charge in [-0.15, -0.1) is 6.58 Å². The monoisotopic (exact) mass is 323 g/mol. The van der Waals surface area contributed by atoms with E-state index in [9.17, 15) is 0 Å². The molecule has 0 bridgehead atoms. The molecular formula is C16H22BrNO. The number of ether oxygens (including phenoxy) is 1. The van der Waals surface area contributed by atoms with E-state index in [0.717, 1.165) is 49.1 Å². The molecule has 0 radical (unpaired) electrons. The van der Waals surface area contributed by atoms with Gasteiger partial charge in [0.15, 0.2) is 0 Å². The summed E-state index contributed by atoms with van der Waals surface area (Å²) in [6.07, 6.45) is 6.15. The van der Waals surface area contributed by atoms with Gasteiger partial charge in [-0.25, -0.2) is 0 Å². The zero-order valence-corrected chi connectivity index (χ0v) is 13.1. The molecule has 0 spiro atoms. The van der Waals surface area contributed by atoms with E-state index >= 15 is 0 Å². The van der Waals surface area contributed by atoms with Crippen molar-refractivity contribution >= 4 is 15.9 Å². The normalized spacial score (nSPS) is 14.8. The Morgan fingerprint density at radius 2 is 2.37 bits per heavy atom. The van der Waals surface area contributed by atoms with E-state index in [1.807, 2.05) is 6.08 Å². The first-order valence-corrected chi connectivity index (χ1v) is 7.82. The van der Waals surface area contributed by atoms with Crippen molar-refractivity contribution < 1.29 is 4.74 Å². The molecule has 2 rings (SSSR count). The summed E-state index contributed by atoms with van der Waals surface area (Å²) in [5.74, 6) is 1.11. The summed E-state index contributed by atoms with van der Waals surface area (Å²) >= 11 is 3.60. The summed E-state index contributed by atoms with van der Waals surface area (Å²) in [5.41, 5.74) is 2.63. The van der Waals surface area contributed by atoms with Crippen molar-refractivity contribution in [1.29, 1.82) is 0 Å². The van der Waals surface area contributed by atoms with Crippen LogP contribution < -0.4 is 10.1 Å². The van der Waals surface area contributed by atoms with Crippen molar-refractivity contribution in [2.45, 2.75) is 38.6 Å². The maximum absolute atomic E-state index is 5.79. The zero-order valence-electron chi connectivity index (χ0n) is 11.5. The van der Waals surface area contributed by atoms with Crippen molar-refractivity contribution in [3.8, 4) is 5.75 Å². The number of benzene rings is 1. The lowest BCUT2D eigenvalue weighted by Crippen LogP contribution is -2.31. The molecule has 19 heavy (non-hydrogen) atoms. The Balaban J connectivity index is 2.14. The summed E-state index contributed by atoms with van der Waals surface area (Å²) in [6, 6.07) is 4.81. The van der Waals surface area contributed by atoms with E-state index in [1.54, 1.807) is 0 Å². The fourth-order valence-electron chi connectivity index (χ4n) is 2.55. The van der Waals surface area contributed by atoms with E-state index in [-0.39, 0.29) is 0 Å². The van der Waals surface area contributed by atoms with E-state index in [1.165, 1.54) is 11.1 Å². The van der Waals surface area contributed by atoms with Gasteiger partial charge >= 0.3 is 0 Å². The molecule has 1 aliphatic heterocycles. The standard InChI is InChI=1S/C16H22BrNO/c1-3-5-15(18-7-4-2)11-13-10-14(17)9-12-6-8-19-16(12)13/h3,9-10,15,18H,1,4-8,11H2,2H3. The topological polar surface area (TPSA) is 21.3 Å². The molecule has 0 fully saturated rings. The first-order valence-electron chi connectivity index (χ1n) is 7.03. The van der Waals surface area contributed by atoms with Gasteiger partial charge in [0.05, 0.1) is 6.61 Å². The largest absolute Gasteiger partial charge is 0.493 e. The Morgan fingerprint density at radius 3 is 3.11 bits per heavy atom. The molecule has 1 N–H and O–H groups in total. The summed E-state index contributed by atoms with van der Waals surface area (Å²) in [5, 5.41) is 3.59. The lowest BCUT2D eigenvalue weighted by atomic mass is 9.99. The number of fused-ring (bicyclic) bond motifs is 1. The van der Waals surface area contributed by atoms with Crippen LogP contribution in [-0.4, -0.2) is 19.2 Å².